The zero-order valence-electron chi connectivity index (χ0n) is 14.8. The molecule has 2 aliphatic rings. The van der Waals surface area contributed by atoms with E-state index in [0.29, 0.717) is 13.0 Å². The topological polar surface area (TPSA) is 57.7 Å². The van der Waals surface area contributed by atoms with Crippen molar-refractivity contribution in [2.24, 2.45) is 0 Å². The molecule has 2 saturated heterocycles. The lowest BCUT2D eigenvalue weighted by Crippen LogP contribution is -2.49. The summed E-state index contributed by atoms with van der Waals surface area (Å²) in [5.41, 5.74) is 0. The predicted octanol–water partition coefficient (Wildman–Crippen LogP) is 3.01. The summed E-state index contributed by atoms with van der Waals surface area (Å²) in [7, 11) is -3.68. The summed E-state index contributed by atoms with van der Waals surface area (Å²) in [5.74, 6) is -0.0217. The summed E-state index contributed by atoms with van der Waals surface area (Å²) < 4.78 is 27.9. The molecule has 2 heterocycles. The molecule has 0 spiro atoms. The molecule has 0 N–H and O–H groups in total. The van der Waals surface area contributed by atoms with Crippen molar-refractivity contribution in [1.82, 2.24) is 9.21 Å². The highest BCUT2D eigenvalue weighted by molar-refractivity contribution is 7.89. The maximum atomic E-state index is 13.2. The van der Waals surface area contributed by atoms with E-state index in [-0.39, 0.29) is 10.8 Å². The number of sulfonamides is 1. The molecule has 0 saturated carbocycles. The van der Waals surface area contributed by atoms with Crippen LogP contribution in [0.1, 0.15) is 32.1 Å². The molecule has 26 heavy (non-hydrogen) atoms. The van der Waals surface area contributed by atoms with Gasteiger partial charge in [-0.2, -0.15) is 4.31 Å². The van der Waals surface area contributed by atoms with Crippen molar-refractivity contribution in [2.45, 2.75) is 43.0 Å². The summed E-state index contributed by atoms with van der Waals surface area (Å²) in [6.45, 7) is 1.91. The second-order valence-corrected chi connectivity index (χ2v) is 9.06. The Bertz CT molecular complexity index is 920. The van der Waals surface area contributed by atoms with E-state index in [2.05, 4.69) is 0 Å². The smallest absolute Gasteiger partial charge is 0.243 e. The molecule has 0 radical (unpaired) electrons. The first-order valence-electron chi connectivity index (χ1n) is 9.37. The Hall–Kier alpha value is -1.92. The third-order valence-corrected chi connectivity index (χ3v) is 7.39. The van der Waals surface area contributed by atoms with Crippen LogP contribution in [0.25, 0.3) is 10.8 Å². The Morgan fingerprint density at radius 3 is 2.38 bits per heavy atom. The largest absolute Gasteiger partial charge is 0.341 e. The van der Waals surface area contributed by atoms with Crippen LogP contribution in [0.15, 0.2) is 47.4 Å². The number of rotatable bonds is 3. The Kier molecular flexibility index (Phi) is 4.71. The number of fused-ring (bicyclic) bond motifs is 1. The predicted molar refractivity (Wildman–Crippen MR) is 101 cm³/mol. The van der Waals surface area contributed by atoms with Crippen LogP contribution < -0.4 is 0 Å². The van der Waals surface area contributed by atoms with Gasteiger partial charge in [-0.05, 0) is 55.0 Å². The fourth-order valence-electron chi connectivity index (χ4n) is 4.06. The van der Waals surface area contributed by atoms with Crippen molar-refractivity contribution in [3.05, 3.63) is 42.5 Å². The summed E-state index contributed by atoms with van der Waals surface area (Å²) in [4.78, 5) is 15.0. The van der Waals surface area contributed by atoms with Gasteiger partial charge in [-0.1, -0.05) is 30.3 Å². The molecular formula is C20H24N2O3S. The van der Waals surface area contributed by atoms with E-state index >= 15 is 0 Å². The highest BCUT2D eigenvalue weighted by Gasteiger charge is 2.41. The quantitative estimate of drug-likeness (QED) is 0.832. The van der Waals surface area contributed by atoms with Crippen molar-refractivity contribution >= 4 is 26.7 Å². The number of carbonyl (C=O) groups is 1. The van der Waals surface area contributed by atoms with Crippen LogP contribution in [0, 0.1) is 0 Å². The van der Waals surface area contributed by atoms with Crippen LogP contribution in [0.2, 0.25) is 0 Å². The minimum Gasteiger partial charge on any atom is -0.341 e. The molecule has 2 fully saturated rings. The average molecular weight is 372 g/mol. The SMILES string of the molecule is O=C([C@H]1CCCN1S(=O)(=O)c1ccc2ccccc2c1)N1CCCCC1. The Balaban J connectivity index is 1.63. The van der Waals surface area contributed by atoms with E-state index in [0.717, 1.165) is 49.5 Å². The lowest BCUT2D eigenvalue weighted by atomic mass is 10.1. The fourth-order valence-corrected chi connectivity index (χ4v) is 5.75. The summed E-state index contributed by atoms with van der Waals surface area (Å²) in [5, 5.41) is 1.90. The van der Waals surface area contributed by atoms with Gasteiger partial charge in [-0.15, -0.1) is 0 Å². The molecule has 2 aromatic carbocycles. The van der Waals surface area contributed by atoms with Gasteiger partial charge in [0.25, 0.3) is 0 Å². The number of carbonyl (C=O) groups excluding carboxylic acids is 1. The normalized spacial score (nSPS) is 22.0. The first-order valence-corrected chi connectivity index (χ1v) is 10.8. The van der Waals surface area contributed by atoms with Crippen LogP contribution in [0.5, 0.6) is 0 Å². The summed E-state index contributed by atoms with van der Waals surface area (Å²) in [6.07, 6.45) is 4.51. The van der Waals surface area contributed by atoms with E-state index in [9.17, 15) is 13.2 Å². The van der Waals surface area contributed by atoms with Gasteiger partial charge in [0.2, 0.25) is 15.9 Å². The number of hydrogen-bond donors (Lipinski definition) is 0. The van der Waals surface area contributed by atoms with Crippen LogP contribution in [0.3, 0.4) is 0 Å². The number of nitrogens with zero attached hydrogens (tertiary/aromatic N) is 2. The highest BCUT2D eigenvalue weighted by Crippen LogP contribution is 2.29. The van der Waals surface area contributed by atoms with Gasteiger partial charge >= 0.3 is 0 Å². The third-order valence-electron chi connectivity index (χ3n) is 5.48. The molecule has 1 atom stereocenters. The van der Waals surface area contributed by atoms with Crippen LogP contribution in [0.4, 0.5) is 0 Å². The monoisotopic (exact) mass is 372 g/mol. The zero-order valence-corrected chi connectivity index (χ0v) is 15.6. The molecule has 0 unspecified atom stereocenters. The van der Waals surface area contributed by atoms with Gasteiger partial charge in [0.1, 0.15) is 6.04 Å². The van der Waals surface area contributed by atoms with Crippen molar-refractivity contribution < 1.29 is 13.2 Å². The molecule has 2 aromatic rings. The standard InChI is InChI=1S/C20H24N2O3S/c23-20(21-12-4-1-5-13-21)19-9-6-14-22(19)26(24,25)18-11-10-16-7-2-3-8-17(16)15-18/h2-3,7-8,10-11,15,19H,1,4-6,9,12-14H2/t19-/m1/s1. The van der Waals surface area contributed by atoms with E-state index in [1.54, 1.807) is 12.1 Å². The minimum atomic E-state index is -3.68. The molecule has 1 amide bonds. The van der Waals surface area contributed by atoms with Gasteiger partial charge in [0.15, 0.2) is 0 Å². The number of amides is 1. The van der Waals surface area contributed by atoms with E-state index in [4.69, 9.17) is 0 Å². The summed E-state index contributed by atoms with van der Waals surface area (Å²) >= 11 is 0. The lowest BCUT2D eigenvalue weighted by Gasteiger charge is -2.32. The maximum Gasteiger partial charge on any atom is 0.243 e. The molecule has 6 heteroatoms. The van der Waals surface area contributed by atoms with Gasteiger partial charge in [-0.3, -0.25) is 4.79 Å². The second-order valence-electron chi connectivity index (χ2n) is 7.17. The fraction of sp³-hybridized carbons (Fsp3) is 0.450. The van der Waals surface area contributed by atoms with E-state index in [1.807, 2.05) is 35.2 Å². The van der Waals surface area contributed by atoms with Crippen molar-refractivity contribution in [3.8, 4) is 0 Å². The Morgan fingerprint density at radius 2 is 1.62 bits per heavy atom. The van der Waals surface area contributed by atoms with Gasteiger partial charge < -0.3 is 4.90 Å². The lowest BCUT2D eigenvalue weighted by molar-refractivity contribution is -0.135. The van der Waals surface area contributed by atoms with Crippen LogP contribution >= 0.6 is 0 Å². The third kappa shape index (κ3) is 3.12. The number of likely N-dealkylation sites (tertiary alicyclic amines) is 1. The Morgan fingerprint density at radius 1 is 0.885 bits per heavy atom. The van der Waals surface area contributed by atoms with Gasteiger partial charge in [0, 0.05) is 19.6 Å². The Labute approximate surface area is 154 Å². The van der Waals surface area contributed by atoms with Crippen LogP contribution in [-0.2, 0) is 14.8 Å². The molecule has 4 rings (SSSR count). The van der Waals surface area contributed by atoms with E-state index in [1.165, 1.54) is 4.31 Å². The first kappa shape index (κ1) is 17.5. The van der Waals surface area contributed by atoms with Gasteiger partial charge in [-0.25, -0.2) is 8.42 Å². The zero-order chi connectivity index (χ0) is 18.1. The highest BCUT2D eigenvalue weighted by atomic mass is 32.2. The molecule has 5 nitrogen and oxygen atoms in total. The van der Waals surface area contributed by atoms with Crippen LogP contribution in [-0.4, -0.2) is 49.2 Å². The summed E-state index contributed by atoms with van der Waals surface area (Å²) in [6, 6.07) is 12.4. The van der Waals surface area contributed by atoms with Gasteiger partial charge in [0.05, 0.1) is 4.90 Å². The first-order chi connectivity index (χ1) is 12.6. The molecule has 2 aliphatic heterocycles. The minimum absolute atomic E-state index is 0.0217. The molecule has 0 bridgehead atoms. The molecule has 138 valence electrons. The average Bonchev–Trinajstić information content (AvgIpc) is 3.18. The molecule has 0 aromatic heterocycles. The molecule has 0 aliphatic carbocycles. The number of piperidine rings is 1. The van der Waals surface area contributed by atoms with E-state index < -0.39 is 16.1 Å². The number of benzene rings is 2. The molecular weight excluding hydrogens is 348 g/mol. The second kappa shape index (κ2) is 7.00. The number of hydrogen-bond acceptors (Lipinski definition) is 3. The maximum absolute atomic E-state index is 13.2. The van der Waals surface area contributed by atoms with Crippen molar-refractivity contribution in [2.75, 3.05) is 19.6 Å². The van der Waals surface area contributed by atoms with Crippen molar-refractivity contribution in [1.29, 1.82) is 0 Å². The van der Waals surface area contributed by atoms with Crippen molar-refractivity contribution in [3.63, 3.8) is 0 Å².